The van der Waals surface area contributed by atoms with Crippen LogP contribution in [-0.2, 0) is 18.4 Å². The number of fused-ring (bicyclic) bond motifs is 2. The Kier molecular flexibility index (Phi) is 6.53. The van der Waals surface area contributed by atoms with E-state index in [-0.39, 0.29) is 17.7 Å². The number of aromatic nitrogens is 5. The van der Waals surface area contributed by atoms with E-state index in [1.807, 2.05) is 69.6 Å². The Morgan fingerprint density at radius 1 is 1.09 bits per heavy atom. The standard InChI is InChI=1S/C33H32N8O2/c1-19-16-35-33(37-28-15-20(2)40(3)39-28)38-29(19)24-17-34-30-22(24)11-8-14-27(30)41-18-25-23(32(41)43)12-7-13-26(25)36-31(42)21-9-5-4-6-10-21/h4-5,7-8,11-17,21,34H,6,9-10,18H2,1-3H3,(H,36,42)(H,35,37,38,39). The lowest BCUT2D eigenvalue weighted by molar-refractivity contribution is -0.120. The van der Waals surface area contributed by atoms with Gasteiger partial charge in [-0.05, 0) is 56.9 Å². The van der Waals surface area contributed by atoms with Gasteiger partial charge in [-0.3, -0.25) is 14.3 Å². The molecule has 1 unspecified atom stereocenters. The summed E-state index contributed by atoms with van der Waals surface area (Å²) < 4.78 is 1.79. The lowest BCUT2D eigenvalue weighted by Gasteiger charge is -2.19. The number of allylic oxidation sites excluding steroid dienone is 2. The number of amides is 2. The second-order valence-electron chi connectivity index (χ2n) is 11.2. The first kappa shape index (κ1) is 26.6. The molecule has 0 bridgehead atoms. The molecule has 0 fully saturated rings. The SMILES string of the molecule is Cc1cnc(Nc2cc(C)n(C)n2)nc1-c1c[nH]c2c(N3Cc4c(NC(=O)C5CC=CCC5)cccc4C3=O)cccc12. The molecule has 2 aliphatic rings. The molecule has 5 aromatic rings. The van der Waals surface area contributed by atoms with Crippen molar-refractivity contribution in [3.63, 3.8) is 0 Å². The van der Waals surface area contributed by atoms with E-state index < -0.39 is 0 Å². The molecule has 2 amide bonds. The van der Waals surface area contributed by atoms with Crippen LogP contribution in [-0.4, -0.2) is 36.5 Å². The number of H-pyrrole nitrogens is 1. The number of nitrogens with one attached hydrogen (secondary N) is 3. The highest BCUT2D eigenvalue weighted by molar-refractivity contribution is 6.15. The molecular weight excluding hydrogens is 540 g/mol. The van der Waals surface area contributed by atoms with Crippen LogP contribution in [0, 0.1) is 19.8 Å². The second-order valence-corrected chi connectivity index (χ2v) is 11.2. The van der Waals surface area contributed by atoms with Crippen LogP contribution in [0.5, 0.6) is 0 Å². The molecule has 1 atom stereocenters. The van der Waals surface area contributed by atoms with E-state index in [0.29, 0.717) is 29.6 Å². The van der Waals surface area contributed by atoms with Crippen LogP contribution in [0.25, 0.3) is 22.2 Å². The fraction of sp³-hybridized carbons (Fsp3) is 0.242. The van der Waals surface area contributed by atoms with Gasteiger partial charge in [-0.15, -0.1) is 0 Å². The van der Waals surface area contributed by atoms with Crippen molar-refractivity contribution in [3.05, 3.63) is 89.4 Å². The summed E-state index contributed by atoms with van der Waals surface area (Å²) in [5, 5.41) is 11.7. The molecule has 0 saturated carbocycles. The molecular formula is C33H32N8O2. The van der Waals surface area contributed by atoms with Crippen molar-refractivity contribution in [1.82, 2.24) is 24.7 Å². The van der Waals surface area contributed by atoms with Crippen LogP contribution < -0.4 is 15.5 Å². The van der Waals surface area contributed by atoms with Crippen molar-refractivity contribution >= 4 is 45.9 Å². The predicted molar refractivity (Wildman–Crippen MR) is 167 cm³/mol. The van der Waals surface area contributed by atoms with E-state index in [2.05, 4.69) is 37.9 Å². The quantitative estimate of drug-likeness (QED) is 0.209. The maximum atomic E-state index is 13.7. The van der Waals surface area contributed by atoms with Gasteiger partial charge < -0.3 is 20.5 Å². The average molecular weight is 573 g/mol. The number of carbonyl (C=O) groups is 2. The zero-order valence-electron chi connectivity index (χ0n) is 24.3. The summed E-state index contributed by atoms with van der Waals surface area (Å²) in [5.74, 6) is 0.995. The monoisotopic (exact) mass is 572 g/mol. The number of carbonyl (C=O) groups excluding carboxylic acids is 2. The third kappa shape index (κ3) is 4.74. The van der Waals surface area contributed by atoms with Crippen molar-refractivity contribution in [2.45, 2.75) is 39.7 Å². The van der Waals surface area contributed by atoms with Crippen LogP contribution in [0.3, 0.4) is 0 Å². The van der Waals surface area contributed by atoms with Gasteiger partial charge in [0.15, 0.2) is 5.82 Å². The number of hydrogen-bond donors (Lipinski definition) is 3. The second kappa shape index (κ2) is 10.5. The van der Waals surface area contributed by atoms with E-state index in [1.54, 1.807) is 15.8 Å². The molecule has 1 aliphatic heterocycles. The van der Waals surface area contributed by atoms with Crippen molar-refractivity contribution in [2.24, 2.45) is 13.0 Å². The minimum atomic E-state index is -0.0919. The Labute approximate surface area is 248 Å². The first-order valence-electron chi connectivity index (χ1n) is 14.5. The predicted octanol–water partition coefficient (Wildman–Crippen LogP) is 6.17. The number of rotatable bonds is 6. The Bertz CT molecular complexity index is 1920. The Hall–Kier alpha value is -5.25. The summed E-state index contributed by atoms with van der Waals surface area (Å²) in [7, 11) is 1.89. The van der Waals surface area contributed by atoms with Gasteiger partial charge in [0.25, 0.3) is 5.91 Å². The highest BCUT2D eigenvalue weighted by Crippen LogP contribution is 2.39. The Morgan fingerprint density at radius 2 is 1.95 bits per heavy atom. The molecule has 1 aliphatic carbocycles. The topological polar surface area (TPSA) is 121 Å². The van der Waals surface area contributed by atoms with Crippen LogP contribution in [0.2, 0.25) is 0 Å². The largest absolute Gasteiger partial charge is 0.359 e. The van der Waals surface area contributed by atoms with Crippen molar-refractivity contribution in [3.8, 4) is 11.3 Å². The van der Waals surface area contributed by atoms with Crippen molar-refractivity contribution < 1.29 is 9.59 Å². The fourth-order valence-electron chi connectivity index (χ4n) is 5.98. The minimum absolute atomic E-state index is 0.00650. The maximum absolute atomic E-state index is 13.7. The van der Waals surface area contributed by atoms with Gasteiger partial charge in [-0.25, -0.2) is 9.97 Å². The molecule has 4 heterocycles. The molecule has 7 rings (SSSR count). The normalized spacial score (nSPS) is 16.1. The first-order chi connectivity index (χ1) is 20.9. The molecule has 216 valence electrons. The number of anilines is 4. The third-order valence-corrected chi connectivity index (χ3v) is 8.43. The van der Waals surface area contributed by atoms with Gasteiger partial charge in [0.1, 0.15) is 0 Å². The highest BCUT2D eigenvalue weighted by Gasteiger charge is 2.33. The van der Waals surface area contributed by atoms with Crippen LogP contribution in [0.1, 0.15) is 46.4 Å². The van der Waals surface area contributed by atoms with Crippen LogP contribution in [0.15, 0.2) is 67.0 Å². The Balaban J connectivity index is 1.19. The van der Waals surface area contributed by atoms with E-state index in [1.165, 1.54) is 0 Å². The van der Waals surface area contributed by atoms with Crippen molar-refractivity contribution in [2.75, 3.05) is 15.5 Å². The summed E-state index contributed by atoms with van der Waals surface area (Å²) in [6.45, 7) is 4.33. The molecule has 3 aromatic heterocycles. The van der Waals surface area contributed by atoms with Gasteiger partial charge in [0.2, 0.25) is 11.9 Å². The summed E-state index contributed by atoms with van der Waals surface area (Å²) in [6, 6.07) is 13.4. The summed E-state index contributed by atoms with van der Waals surface area (Å²) in [4.78, 5) is 41.2. The smallest absolute Gasteiger partial charge is 0.259 e. The number of hydrogen-bond acceptors (Lipinski definition) is 6. The molecule has 10 nitrogen and oxygen atoms in total. The number of aryl methyl sites for hydroxylation is 3. The van der Waals surface area contributed by atoms with Gasteiger partial charge in [-0.2, -0.15) is 5.10 Å². The van der Waals surface area contributed by atoms with Gasteiger partial charge >= 0.3 is 0 Å². The summed E-state index contributed by atoms with van der Waals surface area (Å²) in [5.41, 5.74) is 7.40. The zero-order valence-corrected chi connectivity index (χ0v) is 24.3. The number of benzene rings is 2. The zero-order chi connectivity index (χ0) is 29.7. The lowest BCUT2D eigenvalue weighted by atomic mass is 9.93. The van der Waals surface area contributed by atoms with Gasteiger partial charge in [-0.1, -0.05) is 30.4 Å². The van der Waals surface area contributed by atoms with Crippen LogP contribution >= 0.6 is 0 Å². The average Bonchev–Trinajstić information content (AvgIpc) is 3.69. The Morgan fingerprint density at radius 3 is 2.74 bits per heavy atom. The summed E-state index contributed by atoms with van der Waals surface area (Å²) in [6.07, 6.45) is 10.4. The van der Waals surface area contributed by atoms with Crippen molar-refractivity contribution in [1.29, 1.82) is 0 Å². The van der Waals surface area contributed by atoms with E-state index in [9.17, 15) is 9.59 Å². The fourth-order valence-corrected chi connectivity index (χ4v) is 5.98. The molecule has 0 saturated heterocycles. The van der Waals surface area contributed by atoms with E-state index >= 15 is 0 Å². The van der Waals surface area contributed by atoms with E-state index in [4.69, 9.17) is 4.98 Å². The van der Waals surface area contributed by atoms with E-state index in [0.717, 1.165) is 63.9 Å². The van der Waals surface area contributed by atoms with Gasteiger partial charge in [0, 0.05) is 64.9 Å². The minimum Gasteiger partial charge on any atom is -0.359 e. The van der Waals surface area contributed by atoms with Gasteiger partial charge in [0.05, 0.1) is 23.4 Å². The first-order valence-corrected chi connectivity index (χ1v) is 14.5. The number of nitrogens with zero attached hydrogens (tertiary/aromatic N) is 5. The summed E-state index contributed by atoms with van der Waals surface area (Å²) >= 11 is 0. The van der Waals surface area contributed by atoms with Crippen LogP contribution in [0.4, 0.5) is 23.1 Å². The number of para-hydroxylation sites is 1. The highest BCUT2D eigenvalue weighted by atomic mass is 16.2. The molecule has 43 heavy (non-hydrogen) atoms. The molecule has 0 spiro atoms. The number of aromatic amines is 1. The third-order valence-electron chi connectivity index (χ3n) is 8.43. The molecule has 10 heteroatoms. The molecule has 2 aromatic carbocycles. The molecule has 0 radical (unpaired) electrons. The lowest BCUT2D eigenvalue weighted by Crippen LogP contribution is -2.24. The molecule has 3 N–H and O–H groups in total. The maximum Gasteiger partial charge on any atom is 0.259 e.